The van der Waals surface area contributed by atoms with Crippen LogP contribution >= 0.6 is 0 Å². The summed E-state index contributed by atoms with van der Waals surface area (Å²) in [5, 5.41) is 9.40. The molecule has 0 unspecified atom stereocenters. The Labute approximate surface area is 113 Å². The number of halogens is 1. The molecule has 0 saturated carbocycles. The van der Waals surface area contributed by atoms with E-state index < -0.39 is 11.4 Å². The van der Waals surface area contributed by atoms with E-state index in [9.17, 15) is 14.3 Å². The first-order valence-electron chi connectivity index (χ1n) is 6.55. The second-order valence-electron chi connectivity index (χ2n) is 5.76. The number of aryl methyl sites for hydroxylation is 1. The molecule has 1 aromatic rings. The van der Waals surface area contributed by atoms with Crippen LogP contribution in [0.3, 0.4) is 0 Å². The van der Waals surface area contributed by atoms with Gasteiger partial charge < -0.3 is 5.11 Å². The number of allylic oxidation sites excluding steroid dienone is 1. The summed E-state index contributed by atoms with van der Waals surface area (Å²) in [6.45, 7) is 5.76. The van der Waals surface area contributed by atoms with Crippen molar-refractivity contribution in [2.24, 2.45) is 5.92 Å². The maximum Gasteiger partial charge on any atom is 0.332 e. The lowest BCUT2D eigenvalue weighted by molar-refractivity contribution is -0.133. The molecule has 0 heterocycles. The number of carbonyl (C=O) groups is 1. The van der Waals surface area contributed by atoms with Gasteiger partial charge in [0.1, 0.15) is 5.82 Å². The molecule has 1 aliphatic rings. The Morgan fingerprint density at radius 2 is 2.16 bits per heavy atom. The summed E-state index contributed by atoms with van der Waals surface area (Å²) in [6.07, 6.45) is 3.38. The van der Waals surface area contributed by atoms with Crippen LogP contribution in [0.15, 0.2) is 29.8 Å². The molecule has 2 nitrogen and oxygen atoms in total. The molecule has 102 valence electrons. The molecule has 1 aliphatic carbocycles. The number of rotatable bonds is 2. The van der Waals surface area contributed by atoms with Crippen molar-refractivity contribution in [3.05, 3.63) is 46.8 Å². The van der Waals surface area contributed by atoms with E-state index >= 15 is 0 Å². The molecule has 0 bridgehead atoms. The molecule has 0 amide bonds. The SMILES string of the molecule is Cc1cc([C@]2(C)C[C@@H](C)CC=C2C(=O)O)ccc1F. The molecular formula is C16H19FO2. The first-order valence-corrected chi connectivity index (χ1v) is 6.55. The summed E-state index contributed by atoms with van der Waals surface area (Å²) in [5.74, 6) is -0.702. The highest BCUT2D eigenvalue weighted by atomic mass is 19.1. The molecule has 2 atom stereocenters. The zero-order valence-electron chi connectivity index (χ0n) is 11.5. The predicted octanol–water partition coefficient (Wildman–Crippen LogP) is 3.83. The molecule has 0 fully saturated rings. The predicted molar refractivity (Wildman–Crippen MR) is 72.6 cm³/mol. The third-order valence-electron chi connectivity index (χ3n) is 4.10. The molecule has 0 radical (unpaired) electrons. The number of benzene rings is 1. The maximum atomic E-state index is 13.4. The van der Waals surface area contributed by atoms with Crippen molar-refractivity contribution in [3.63, 3.8) is 0 Å². The van der Waals surface area contributed by atoms with Crippen LogP contribution in [-0.2, 0) is 10.2 Å². The quantitative estimate of drug-likeness (QED) is 0.879. The number of aliphatic carboxylic acids is 1. The zero-order chi connectivity index (χ0) is 14.2. The van der Waals surface area contributed by atoms with Crippen molar-refractivity contribution < 1.29 is 14.3 Å². The summed E-state index contributed by atoms with van der Waals surface area (Å²) in [4.78, 5) is 11.5. The molecule has 1 N–H and O–H groups in total. The molecule has 0 aliphatic heterocycles. The Bertz CT molecular complexity index is 548. The number of carboxylic acid groups (broad SMARTS) is 1. The van der Waals surface area contributed by atoms with Crippen molar-refractivity contribution in [2.45, 2.75) is 39.0 Å². The number of carboxylic acids is 1. The average molecular weight is 262 g/mol. The van der Waals surface area contributed by atoms with Gasteiger partial charge in [-0.3, -0.25) is 0 Å². The third kappa shape index (κ3) is 2.42. The Hall–Kier alpha value is -1.64. The van der Waals surface area contributed by atoms with Gasteiger partial charge in [0.2, 0.25) is 0 Å². The largest absolute Gasteiger partial charge is 0.478 e. The van der Waals surface area contributed by atoms with Crippen LogP contribution in [0.2, 0.25) is 0 Å². The first kappa shape index (κ1) is 13.8. The van der Waals surface area contributed by atoms with Crippen LogP contribution in [0.25, 0.3) is 0 Å². The highest BCUT2D eigenvalue weighted by Crippen LogP contribution is 2.43. The Morgan fingerprint density at radius 3 is 2.74 bits per heavy atom. The highest BCUT2D eigenvalue weighted by molar-refractivity contribution is 5.90. The molecule has 19 heavy (non-hydrogen) atoms. The van der Waals surface area contributed by atoms with Gasteiger partial charge in [-0.25, -0.2) is 9.18 Å². The lowest BCUT2D eigenvalue weighted by Crippen LogP contribution is -2.34. The minimum Gasteiger partial charge on any atom is -0.478 e. The van der Waals surface area contributed by atoms with E-state index in [1.807, 2.05) is 13.0 Å². The summed E-state index contributed by atoms with van der Waals surface area (Å²) < 4.78 is 13.4. The van der Waals surface area contributed by atoms with Crippen LogP contribution in [-0.4, -0.2) is 11.1 Å². The molecule has 3 heteroatoms. The van der Waals surface area contributed by atoms with Gasteiger partial charge in [0.15, 0.2) is 0 Å². The Kier molecular flexibility index (Phi) is 3.48. The Balaban J connectivity index is 2.54. The van der Waals surface area contributed by atoms with E-state index in [4.69, 9.17) is 0 Å². The van der Waals surface area contributed by atoms with Crippen molar-refractivity contribution >= 4 is 5.97 Å². The Morgan fingerprint density at radius 1 is 1.47 bits per heavy atom. The van der Waals surface area contributed by atoms with E-state index in [0.717, 1.165) is 18.4 Å². The molecule has 0 saturated heterocycles. The van der Waals surface area contributed by atoms with E-state index in [2.05, 4.69) is 6.92 Å². The van der Waals surface area contributed by atoms with Crippen LogP contribution in [0.4, 0.5) is 4.39 Å². The summed E-state index contributed by atoms with van der Waals surface area (Å²) in [6, 6.07) is 4.90. The molecule has 0 spiro atoms. The van der Waals surface area contributed by atoms with Gasteiger partial charge in [0, 0.05) is 11.0 Å². The molecule has 2 rings (SSSR count). The van der Waals surface area contributed by atoms with Gasteiger partial charge in [0.05, 0.1) is 0 Å². The molecule has 0 aromatic heterocycles. The van der Waals surface area contributed by atoms with E-state index in [1.54, 1.807) is 19.1 Å². The normalized spacial score (nSPS) is 26.9. The van der Waals surface area contributed by atoms with Crippen molar-refractivity contribution in [1.82, 2.24) is 0 Å². The van der Waals surface area contributed by atoms with Gasteiger partial charge in [0.25, 0.3) is 0 Å². The fraction of sp³-hybridized carbons (Fsp3) is 0.438. The van der Waals surface area contributed by atoms with Gasteiger partial charge in [-0.2, -0.15) is 0 Å². The lowest BCUT2D eigenvalue weighted by Gasteiger charge is -2.37. The second kappa shape index (κ2) is 4.80. The topological polar surface area (TPSA) is 37.3 Å². The average Bonchev–Trinajstić information content (AvgIpc) is 2.31. The standard InChI is InChI=1S/C16H19FO2/c1-10-4-6-13(15(18)19)16(3,9-10)12-5-7-14(17)11(2)8-12/h5-8,10H,4,9H2,1-3H3,(H,18,19)/t10-,16-/m0/s1. The van der Waals surface area contributed by atoms with Crippen molar-refractivity contribution in [3.8, 4) is 0 Å². The number of hydrogen-bond donors (Lipinski definition) is 1. The number of hydrogen-bond acceptors (Lipinski definition) is 1. The van der Waals surface area contributed by atoms with Gasteiger partial charge >= 0.3 is 5.97 Å². The molecule has 1 aromatic carbocycles. The lowest BCUT2D eigenvalue weighted by atomic mass is 9.66. The zero-order valence-corrected chi connectivity index (χ0v) is 11.5. The minimum absolute atomic E-state index is 0.253. The maximum absolute atomic E-state index is 13.4. The summed E-state index contributed by atoms with van der Waals surface area (Å²) in [7, 11) is 0. The summed E-state index contributed by atoms with van der Waals surface area (Å²) in [5.41, 5.74) is 1.33. The fourth-order valence-corrected chi connectivity index (χ4v) is 3.02. The summed E-state index contributed by atoms with van der Waals surface area (Å²) >= 11 is 0. The van der Waals surface area contributed by atoms with Gasteiger partial charge in [-0.1, -0.05) is 32.1 Å². The van der Waals surface area contributed by atoms with Crippen LogP contribution in [0.5, 0.6) is 0 Å². The van der Waals surface area contributed by atoms with Crippen molar-refractivity contribution in [1.29, 1.82) is 0 Å². The molecular weight excluding hydrogens is 243 g/mol. The van der Waals surface area contributed by atoms with E-state index in [-0.39, 0.29) is 5.82 Å². The van der Waals surface area contributed by atoms with E-state index in [1.165, 1.54) is 6.07 Å². The van der Waals surface area contributed by atoms with Crippen LogP contribution in [0, 0.1) is 18.7 Å². The monoisotopic (exact) mass is 262 g/mol. The smallest absolute Gasteiger partial charge is 0.332 e. The van der Waals surface area contributed by atoms with Crippen molar-refractivity contribution in [2.75, 3.05) is 0 Å². The third-order valence-corrected chi connectivity index (χ3v) is 4.10. The highest BCUT2D eigenvalue weighted by Gasteiger charge is 2.39. The van der Waals surface area contributed by atoms with E-state index in [0.29, 0.717) is 17.1 Å². The minimum atomic E-state index is -0.878. The fourth-order valence-electron chi connectivity index (χ4n) is 3.02. The first-order chi connectivity index (χ1) is 8.84. The van der Waals surface area contributed by atoms with Crippen LogP contribution < -0.4 is 0 Å². The van der Waals surface area contributed by atoms with Gasteiger partial charge in [-0.05, 0) is 42.9 Å². The van der Waals surface area contributed by atoms with Gasteiger partial charge in [-0.15, -0.1) is 0 Å². The van der Waals surface area contributed by atoms with Crippen LogP contribution in [0.1, 0.15) is 37.8 Å². The second-order valence-corrected chi connectivity index (χ2v) is 5.76.